The summed E-state index contributed by atoms with van der Waals surface area (Å²) in [5, 5.41) is 0. The topological polar surface area (TPSA) is 56.4 Å². The van der Waals surface area contributed by atoms with E-state index >= 15 is 0 Å². The number of halogens is 1. The van der Waals surface area contributed by atoms with Crippen molar-refractivity contribution in [3.05, 3.63) is 89.5 Å². The summed E-state index contributed by atoms with van der Waals surface area (Å²) in [4.78, 5) is 8.08. The largest absolute Gasteiger partial charge is 0.494 e. The number of nitrogens with one attached hydrogen (secondary N) is 1. The molecule has 0 aliphatic rings. The molecule has 1 unspecified atom stereocenters. The predicted octanol–water partition coefficient (Wildman–Crippen LogP) is 5.81. The Bertz CT molecular complexity index is 1120. The molecule has 4 aromatic rings. The molecule has 1 N–H and O–H groups in total. The SMILES string of the molecule is CCOc1ccc2nc(C(OCC)c3ccc(OCc4ccc(F)cc4)cc3)[nH]c2c1. The summed E-state index contributed by atoms with van der Waals surface area (Å²) in [7, 11) is 0. The molecule has 0 aliphatic heterocycles. The zero-order valence-electron chi connectivity index (χ0n) is 17.6. The third kappa shape index (κ3) is 5.03. The number of hydrogen-bond donors (Lipinski definition) is 1. The van der Waals surface area contributed by atoms with Gasteiger partial charge < -0.3 is 19.2 Å². The second kappa shape index (κ2) is 9.62. The van der Waals surface area contributed by atoms with E-state index in [1.54, 1.807) is 12.1 Å². The number of benzene rings is 3. The molecule has 160 valence electrons. The zero-order chi connectivity index (χ0) is 21.6. The highest BCUT2D eigenvalue weighted by atomic mass is 19.1. The first-order valence-corrected chi connectivity index (χ1v) is 10.4. The molecule has 1 heterocycles. The maximum absolute atomic E-state index is 13.0. The van der Waals surface area contributed by atoms with Crippen molar-refractivity contribution in [2.24, 2.45) is 0 Å². The minimum atomic E-state index is -0.320. The molecule has 0 saturated heterocycles. The molecular weight excluding hydrogens is 395 g/mol. The Morgan fingerprint density at radius 3 is 2.32 bits per heavy atom. The van der Waals surface area contributed by atoms with Crippen LogP contribution in [0.15, 0.2) is 66.7 Å². The van der Waals surface area contributed by atoms with Crippen LogP contribution >= 0.6 is 0 Å². The van der Waals surface area contributed by atoms with Crippen molar-refractivity contribution < 1.29 is 18.6 Å². The first-order valence-electron chi connectivity index (χ1n) is 10.4. The number of hydrogen-bond acceptors (Lipinski definition) is 4. The van der Waals surface area contributed by atoms with Crippen molar-refractivity contribution in [2.75, 3.05) is 13.2 Å². The van der Waals surface area contributed by atoms with E-state index in [4.69, 9.17) is 19.2 Å². The van der Waals surface area contributed by atoms with Crippen molar-refractivity contribution in [3.8, 4) is 11.5 Å². The van der Waals surface area contributed by atoms with Crippen LogP contribution in [0.25, 0.3) is 11.0 Å². The molecule has 0 saturated carbocycles. The second-order valence-electron chi connectivity index (χ2n) is 7.05. The Kier molecular flexibility index (Phi) is 6.48. The molecule has 0 fully saturated rings. The minimum Gasteiger partial charge on any atom is -0.494 e. The monoisotopic (exact) mass is 420 g/mol. The van der Waals surface area contributed by atoms with Crippen LogP contribution in [0.2, 0.25) is 0 Å². The Hall–Kier alpha value is -3.38. The Morgan fingerprint density at radius 2 is 1.61 bits per heavy atom. The van der Waals surface area contributed by atoms with Gasteiger partial charge in [-0.15, -0.1) is 0 Å². The minimum absolute atomic E-state index is 0.255. The summed E-state index contributed by atoms with van der Waals surface area (Å²) in [5.41, 5.74) is 3.65. The van der Waals surface area contributed by atoms with Gasteiger partial charge in [-0.05, 0) is 61.4 Å². The average molecular weight is 420 g/mol. The van der Waals surface area contributed by atoms with Gasteiger partial charge in [0.1, 0.15) is 35.9 Å². The van der Waals surface area contributed by atoms with Gasteiger partial charge in [0, 0.05) is 12.7 Å². The molecular formula is C25H25FN2O3. The number of fused-ring (bicyclic) bond motifs is 1. The fourth-order valence-corrected chi connectivity index (χ4v) is 3.37. The van der Waals surface area contributed by atoms with Gasteiger partial charge in [0.05, 0.1) is 17.6 Å². The van der Waals surface area contributed by atoms with Crippen LogP contribution < -0.4 is 9.47 Å². The van der Waals surface area contributed by atoms with Crippen LogP contribution in [0.5, 0.6) is 11.5 Å². The van der Waals surface area contributed by atoms with Crippen molar-refractivity contribution in [2.45, 2.75) is 26.6 Å². The molecule has 5 nitrogen and oxygen atoms in total. The van der Waals surface area contributed by atoms with Gasteiger partial charge in [0.25, 0.3) is 0 Å². The fourth-order valence-electron chi connectivity index (χ4n) is 3.37. The number of aromatic amines is 1. The Morgan fingerprint density at radius 1 is 0.871 bits per heavy atom. The summed E-state index contributed by atoms with van der Waals surface area (Å²) in [6.07, 6.45) is -0.320. The van der Waals surface area contributed by atoms with Gasteiger partial charge in [0.15, 0.2) is 0 Å². The normalized spacial score (nSPS) is 12.1. The zero-order valence-corrected chi connectivity index (χ0v) is 17.6. The summed E-state index contributed by atoms with van der Waals surface area (Å²) in [6.45, 7) is 5.46. The van der Waals surface area contributed by atoms with Gasteiger partial charge in [-0.25, -0.2) is 9.37 Å². The van der Waals surface area contributed by atoms with Crippen molar-refractivity contribution in [3.63, 3.8) is 0 Å². The van der Waals surface area contributed by atoms with E-state index in [-0.39, 0.29) is 11.9 Å². The molecule has 4 rings (SSSR count). The molecule has 0 bridgehead atoms. The van der Waals surface area contributed by atoms with E-state index < -0.39 is 0 Å². The summed E-state index contributed by atoms with van der Waals surface area (Å²) >= 11 is 0. The smallest absolute Gasteiger partial charge is 0.141 e. The highest BCUT2D eigenvalue weighted by molar-refractivity contribution is 5.77. The molecule has 3 aromatic carbocycles. The molecule has 1 aromatic heterocycles. The molecule has 31 heavy (non-hydrogen) atoms. The van der Waals surface area contributed by atoms with E-state index in [1.165, 1.54) is 12.1 Å². The number of rotatable bonds is 9. The van der Waals surface area contributed by atoms with E-state index in [0.717, 1.165) is 39.5 Å². The van der Waals surface area contributed by atoms with E-state index in [9.17, 15) is 4.39 Å². The van der Waals surface area contributed by atoms with E-state index in [1.807, 2.05) is 56.3 Å². The lowest BCUT2D eigenvalue weighted by molar-refractivity contribution is 0.0859. The number of ether oxygens (including phenoxy) is 3. The lowest BCUT2D eigenvalue weighted by atomic mass is 10.1. The first-order chi connectivity index (χ1) is 15.2. The quantitative estimate of drug-likeness (QED) is 0.371. The first kappa shape index (κ1) is 20.9. The van der Waals surface area contributed by atoms with Gasteiger partial charge in [0.2, 0.25) is 0 Å². The van der Waals surface area contributed by atoms with Crippen LogP contribution in [-0.2, 0) is 11.3 Å². The third-order valence-electron chi connectivity index (χ3n) is 4.87. The van der Waals surface area contributed by atoms with Crippen LogP contribution in [0.1, 0.15) is 36.9 Å². The predicted molar refractivity (Wildman–Crippen MR) is 118 cm³/mol. The maximum Gasteiger partial charge on any atom is 0.141 e. The molecule has 1 atom stereocenters. The number of aromatic nitrogens is 2. The number of nitrogens with zero attached hydrogens (tertiary/aromatic N) is 1. The highest BCUT2D eigenvalue weighted by Gasteiger charge is 2.19. The molecule has 0 radical (unpaired) electrons. The molecule has 0 aliphatic carbocycles. The van der Waals surface area contributed by atoms with Crippen LogP contribution in [-0.4, -0.2) is 23.2 Å². The Balaban J connectivity index is 1.51. The molecule has 6 heteroatoms. The summed E-state index contributed by atoms with van der Waals surface area (Å²) in [6, 6.07) is 19.8. The van der Waals surface area contributed by atoms with Gasteiger partial charge in [-0.3, -0.25) is 0 Å². The average Bonchev–Trinajstić information content (AvgIpc) is 3.21. The van der Waals surface area contributed by atoms with Crippen LogP contribution in [0, 0.1) is 5.82 Å². The van der Waals surface area contributed by atoms with Gasteiger partial charge >= 0.3 is 0 Å². The summed E-state index contributed by atoms with van der Waals surface area (Å²) < 4.78 is 30.4. The van der Waals surface area contributed by atoms with Crippen molar-refractivity contribution >= 4 is 11.0 Å². The van der Waals surface area contributed by atoms with Crippen LogP contribution in [0.4, 0.5) is 4.39 Å². The van der Waals surface area contributed by atoms with Gasteiger partial charge in [-0.1, -0.05) is 24.3 Å². The number of H-pyrrole nitrogens is 1. The highest BCUT2D eigenvalue weighted by Crippen LogP contribution is 2.29. The fraction of sp³-hybridized carbons (Fsp3) is 0.240. The lowest BCUT2D eigenvalue weighted by Gasteiger charge is -2.16. The van der Waals surface area contributed by atoms with E-state index in [2.05, 4.69) is 4.98 Å². The Labute approximate surface area is 180 Å². The molecule has 0 spiro atoms. The maximum atomic E-state index is 13.0. The number of imidazole rings is 1. The van der Waals surface area contributed by atoms with Crippen molar-refractivity contribution in [1.29, 1.82) is 0 Å². The lowest BCUT2D eigenvalue weighted by Crippen LogP contribution is -2.08. The standard InChI is InChI=1S/C25H25FN2O3/c1-3-29-21-13-14-22-23(15-21)28-25(27-22)24(30-4-2)18-7-11-20(12-8-18)31-16-17-5-9-19(26)10-6-17/h5-15,24H,3-4,16H2,1-2H3,(H,27,28). The van der Waals surface area contributed by atoms with Gasteiger partial charge in [-0.2, -0.15) is 0 Å². The summed E-state index contributed by atoms with van der Waals surface area (Å²) in [5.74, 6) is 2.02. The second-order valence-corrected chi connectivity index (χ2v) is 7.05. The van der Waals surface area contributed by atoms with E-state index in [0.29, 0.717) is 19.8 Å². The third-order valence-corrected chi connectivity index (χ3v) is 4.87. The van der Waals surface area contributed by atoms with Crippen molar-refractivity contribution in [1.82, 2.24) is 9.97 Å². The molecule has 0 amide bonds. The van der Waals surface area contributed by atoms with Crippen LogP contribution in [0.3, 0.4) is 0 Å².